The van der Waals surface area contributed by atoms with Crippen LogP contribution in [-0.4, -0.2) is 23.3 Å². The summed E-state index contributed by atoms with van der Waals surface area (Å²) in [6.07, 6.45) is 4.64. The molecule has 2 aromatic heterocycles. The van der Waals surface area contributed by atoms with Gasteiger partial charge in [-0.3, -0.25) is 4.79 Å². The number of carbonyl (C=O) groups is 1. The Morgan fingerprint density at radius 1 is 1.44 bits per heavy atom. The highest BCUT2D eigenvalue weighted by Crippen LogP contribution is 2.10. The number of nitrogens with one attached hydrogen (secondary N) is 1. The van der Waals surface area contributed by atoms with E-state index in [9.17, 15) is 4.79 Å². The van der Waals surface area contributed by atoms with Gasteiger partial charge in [-0.1, -0.05) is 6.92 Å². The van der Waals surface area contributed by atoms with Crippen LogP contribution in [-0.2, 0) is 0 Å². The van der Waals surface area contributed by atoms with Gasteiger partial charge in [0.1, 0.15) is 0 Å². The number of ketones is 1. The largest absolute Gasteiger partial charge is 0.323 e. The molecule has 0 bridgehead atoms. The minimum Gasteiger partial charge on any atom is -0.323 e. The lowest BCUT2D eigenvalue weighted by atomic mass is 10.0. The number of carbonyl (C=O) groups excluding carboxylic acids is 1. The second-order valence-corrected chi connectivity index (χ2v) is 3.87. The van der Waals surface area contributed by atoms with E-state index in [1.165, 1.54) is 0 Å². The van der Waals surface area contributed by atoms with Crippen LogP contribution in [0.2, 0.25) is 0 Å². The maximum Gasteiger partial charge on any atom is 0.181 e. The minimum atomic E-state index is -0.0898. The average Bonchev–Trinajstić information content (AvgIpc) is 2.77. The summed E-state index contributed by atoms with van der Waals surface area (Å²) < 4.78 is 1.97. The molecule has 1 N–H and O–H groups in total. The van der Waals surface area contributed by atoms with Crippen molar-refractivity contribution in [2.45, 2.75) is 19.4 Å². The lowest BCUT2D eigenvalue weighted by Gasteiger charge is -2.12. The van der Waals surface area contributed by atoms with Crippen LogP contribution in [0, 0.1) is 0 Å². The Morgan fingerprint density at radius 3 is 2.94 bits per heavy atom. The number of fused-ring (bicyclic) bond motifs is 1. The summed E-state index contributed by atoms with van der Waals surface area (Å²) in [5.74, 6) is 0.153. The van der Waals surface area contributed by atoms with E-state index in [2.05, 4.69) is 5.32 Å². The lowest BCUT2D eigenvalue weighted by molar-refractivity contribution is 0.0944. The van der Waals surface area contributed by atoms with Crippen molar-refractivity contribution in [3.63, 3.8) is 0 Å². The van der Waals surface area contributed by atoms with Crippen molar-refractivity contribution in [2.75, 3.05) is 7.05 Å². The molecule has 2 heterocycles. The van der Waals surface area contributed by atoms with E-state index in [4.69, 9.17) is 0 Å². The molecule has 0 aliphatic rings. The van der Waals surface area contributed by atoms with Crippen LogP contribution in [0.15, 0.2) is 36.7 Å². The van der Waals surface area contributed by atoms with E-state index in [1.54, 1.807) is 0 Å². The van der Waals surface area contributed by atoms with Crippen molar-refractivity contribution in [3.8, 4) is 0 Å². The fourth-order valence-corrected chi connectivity index (χ4v) is 1.90. The van der Waals surface area contributed by atoms with Gasteiger partial charge in [-0.05, 0) is 37.7 Å². The number of pyridine rings is 1. The van der Waals surface area contributed by atoms with Crippen LogP contribution < -0.4 is 5.32 Å². The molecule has 84 valence electrons. The molecule has 2 rings (SSSR count). The highest BCUT2D eigenvalue weighted by Gasteiger charge is 2.16. The normalized spacial score (nSPS) is 12.9. The quantitative estimate of drug-likeness (QED) is 0.794. The van der Waals surface area contributed by atoms with E-state index < -0.39 is 0 Å². The standard InChI is InChI=1S/C13H16N2O/c1-3-12(14-2)13(16)10-6-7-11-5-4-8-15(11)9-10/h4-9,12,14H,3H2,1-2H3. The molecular weight excluding hydrogens is 200 g/mol. The molecule has 3 heteroatoms. The van der Waals surface area contributed by atoms with Crippen molar-refractivity contribution < 1.29 is 4.79 Å². The summed E-state index contributed by atoms with van der Waals surface area (Å²) in [5.41, 5.74) is 1.86. The third-order valence-electron chi connectivity index (χ3n) is 2.88. The Hall–Kier alpha value is -1.61. The second kappa shape index (κ2) is 4.49. The van der Waals surface area contributed by atoms with Crippen LogP contribution >= 0.6 is 0 Å². The highest BCUT2D eigenvalue weighted by molar-refractivity contribution is 6.00. The molecule has 16 heavy (non-hydrogen) atoms. The van der Waals surface area contributed by atoms with E-state index in [1.807, 2.05) is 55.0 Å². The van der Waals surface area contributed by atoms with Crippen LogP contribution in [0.1, 0.15) is 23.7 Å². The first-order valence-electron chi connectivity index (χ1n) is 5.54. The molecule has 0 fully saturated rings. The average molecular weight is 216 g/mol. The van der Waals surface area contributed by atoms with Crippen molar-refractivity contribution in [1.29, 1.82) is 0 Å². The topological polar surface area (TPSA) is 33.5 Å². The Morgan fingerprint density at radius 2 is 2.25 bits per heavy atom. The van der Waals surface area contributed by atoms with Gasteiger partial charge in [0.15, 0.2) is 5.78 Å². The molecule has 0 spiro atoms. The Balaban J connectivity index is 2.35. The molecule has 3 nitrogen and oxygen atoms in total. The highest BCUT2D eigenvalue weighted by atomic mass is 16.1. The van der Waals surface area contributed by atoms with Gasteiger partial charge in [0.2, 0.25) is 0 Å². The Labute approximate surface area is 95.1 Å². The zero-order chi connectivity index (χ0) is 11.5. The molecule has 0 amide bonds. The predicted molar refractivity (Wildman–Crippen MR) is 64.9 cm³/mol. The smallest absolute Gasteiger partial charge is 0.181 e. The van der Waals surface area contributed by atoms with E-state index in [0.717, 1.165) is 17.5 Å². The van der Waals surface area contributed by atoms with Crippen molar-refractivity contribution in [2.24, 2.45) is 0 Å². The fraction of sp³-hybridized carbons (Fsp3) is 0.308. The zero-order valence-corrected chi connectivity index (χ0v) is 9.60. The molecule has 0 saturated heterocycles. The number of nitrogens with zero attached hydrogens (tertiary/aromatic N) is 1. The zero-order valence-electron chi connectivity index (χ0n) is 9.60. The summed E-state index contributed by atoms with van der Waals surface area (Å²) in [7, 11) is 1.82. The number of hydrogen-bond donors (Lipinski definition) is 1. The van der Waals surface area contributed by atoms with Gasteiger partial charge in [0, 0.05) is 23.5 Å². The molecule has 0 aromatic carbocycles. The van der Waals surface area contributed by atoms with Crippen LogP contribution in [0.5, 0.6) is 0 Å². The minimum absolute atomic E-state index is 0.0898. The van der Waals surface area contributed by atoms with Crippen LogP contribution in [0.4, 0.5) is 0 Å². The molecule has 2 aromatic rings. The third kappa shape index (κ3) is 1.86. The van der Waals surface area contributed by atoms with Gasteiger partial charge < -0.3 is 9.72 Å². The monoisotopic (exact) mass is 216 g/mol. The fourth-order valence-electron chi connectivity index (χ4n) is 1.90. The number of likely N-dealkylation sites (N-methyl/N-ethyl adjacent to an activating group) is 1. The van der Waals surface area contributed by atoms with Gasteiger partial charge in [0.25, 0.3) is 0 Å². The van der Waals surface area contributed by atoms with E-state index >= 15 is 0 Å². The van der Waals surface area contributed by atoms with Gasteiger partial charge in [-0.25, -0.2) is 0 Å². The number of rotatable bonds is 4. The molecule has 1 atom stereocenters. The Kier molecular flexibility index (Phi) is 3.06. The Bertz CT molecular complexity index is 497. The predicted octanol–water partition coefficient (Wildman–Crippen LogP) is 2.12. The molecular formula is C13H16N2O. The maximum atomic E-state index is 12.1. The summed E-state index contributed by atoms with van der Waals surface area (Å²) in [5, 5.41) is 3.03. The van der Waals surface area contributed by atoms with Crippen molar-refractivity contribution >= 4 is 11.3 Å². The maximum absolute atomic E-state index is 12.1. The number of hydrogen-bond acceptors (Lipinski definition) is 2. The summed E-state index contributed by atoms with van der Waals surface area (Å²) in [4.78, 5) is 12.1. The molecule has 0 saturated carbocycles. The van der Waals surface area contributed by atoms with E-state index in [0.29, 0.717) is 0 Å². The number of aromatic nitrogens is 1. The number of Topliss-reactive ketones (excluding diaryl/α,β-unsaturated/α-hetero) is 1. The molecule has 0 aliphatic heterocycles. The van der Waals surface area contributed by atoms with Gasteiger partial charge in [-0.2, -0.15) is 0 Å². The molecule has 0 radical (unpaired) electrons. The van der Waals surface area contributed by atoms with Gasteiger partial charge >= 0.3 is 0 Å². The molecule has 0 aliphatic carbocycles. The SMILES string of the molecule is CCC(NC)C(=O)c1ccc2cccn2c1. The summed E-state index contributed by atoms with van der Waals surface area (Å²) >= 11 is 0. The first kappa shape index (κ1) is 10.9. The molecule has 1 unspecified atom stereocenters. The van der Waals surface area contributed by atoms with Gasteiger partial charge in [-0.15, -0.1) is 0 Å². The summed E-state index contributed by atoms with van der Waals surface area (Å²) in [6.45, 7) is 2.01. The van der Waals surface area contributed by atoms with Crippen LogP contribution in [0.3, 0.4) is 0 Å². The van der Waals surface area contributed by atoms with Crippen molar-refractivity contribution in [3.05, 3.63) is 42.2 Å². The van der Waals surface area contributed by atoms with E-state index in [-0.39, 0.29) is 11.8 Å². The van der Waals surface area contributed by atoms with Gasteiger partial charge in [0.05, 0.1) is 6.04 Å². The third-order valence-corrected chi connectivity index (χ3v) is 2.88. The summed E-state index contributed by atoms with van der Waals surface area (Å²) in [6, 6.07) is 7.75. The first-order chi connectivity index (χ1) is 7.76. The van der Waals surface area contributed by atoms with Crippen LogP contribution in [0.25, 0.3) is 5.52 Å². The second-order valence-electron chi connectivity index (χ2n) is 3.87. The van der Waals surface area contributed by atoms with Crippen molar-refractivity contribution in [1.82, 2.24) is 9.72 Å². The lowest BCUT2D eigenvalue weighted by Crippen LogP contribution is -2.33. The first-order valence-corrected chi connectivity index (χ1v) is 5.54.